The van der Waals surface area contributed by atoms with Crippen molar-refractivity contribution in [3.63, 3.8) is 0 Å². The normalized spacial score (nSPS) is 16.6. The lowest BCUT2D eigenvalue weighted by atomic mass is 10.0. The molecule has 0 radical (unpaired) electrons. The number of benzene rings is 1. The van der Waals surface area contributed by atoms with Crippen LogP contribution in [0.1, 0.15) is 43.9 Å². The Hall–Kier alpha value is -3.19. The maximum atomic E-state index is 13.1. The van der Waals surface area contributed by atoms with E-state index in [-0.39, 0.29) is 11.9 Å². The Labute approximate surface area is 189 Å². The van der Waals surface area contributed by atoms with Gasteiger partial charge in [0.25, 0.3) is 0 Å². The number of hydrogen-bond acceptors (Lipinski definition) is 5. The van der Waals surface area contributed by atoms with Crippen molar-refractivity contribution >= 4 is 11.6 Å². The zero-order valence-corrected chi connectivity index (χ0v) is 18.8. The van der Waals surface area contributed by atoms with Gasteiger partial charge in [0.2, 0.25) is 11.8 Å². The van der Waals surface area contributed by atoms with Crippen molar-refractivity contribution in [3.8, 4) is 11.6 Å². The Balaban J connectivity index is 1.38. The van der Waals surface area contributed by atoms with E-state index in [9.17, 15) is 4.79 Å². The molecular weight excluding hydrogens is 402 g/mol. The number of carbonyl (C=O) groups is 1. The van der Waals surface area contributed by atoms with Crippen LogP contribution in [0.5, 0.6) is 11.6 Å². The van der Waals surface area contributed by atoms with Crippen molar-refractivity contribution in [2.75, 3.05) is 11.9 Å². The first-order valence-corrected chi connectivity index (χ1v) is 11.4. The van der Waals surface area contributed by atoms with Gasteiger partial charge in [0.05, 0.1) is 23.6 Å². The number of aryl methyl sites for hydroxylation is 2. The average Bonchev–Trinajstić information content (AvgIpc) is 3.15. The van der Waals surface area contributed by atoms with E-state index in [0.29, 0.717) is 11.6 Å². The van der Waals surface area contributed by atoms with Gasteiger partial charge in [-0.05, 0) is 50.9 Å². The van der Waals surface area contributed by atoms with Gasteiger partial charge in [-0.2, -0.15) is 5.10 Å². The van der Waals surface area contributed by atoms with Crippen LogP contribution in [0.3, 0.4) is 0 Å². The molecule has 1 atom stereocenters. The number of aromatic nitrogens is 3. The smallest absolute Gasteiger partial charge is 0.241 e. The summed E-state index contributed by atoms with van der Waals surface area (Å²) in [5, 5.41) is 7.65. The van der Waals surface area contributed by atoms with Gasteiger partial charge in [0.1, 0.15) is 5.75 Å². The van der Waals surface area contributed by atoms with Crippen LogP contribution in [0.4, 0.5) is 5.69 Å². The van der Waals surface area contributed by atoms with Crippen LogP contribution in [0.15, 0.2) is 54.9 Å². The third-order valence-corrected chi connectivity index (χ3v) is 5.76. The molecule has 4 rings (SSSR count). The van der Waals surface area contributed by atoms with E-state index in [0.717, 1.165) is 56.8 Å². The lowest BCUT2D eigenvalue weighted by Gasteiger charge is -2.34. The molecule has 1 fully saturated rings. The second kappa shape index (κ2) is 10.4. The van der Waals surface area contributed by atoms with Crippen LogP contribution in [0, 0.1) is 6.92 Å². The van der Waals surface area contributed by atoms with Crippen molar-refractivity contribution in [1.82, 2.24) is 19.7 Å². The molecule has 0 bridgehead atoms. The molecule has 1 aromatic carbocycles. The summed E-state index contributed by atoms with van der Waals surface area (Å²) in [6.07, 6.45) is 7.85. The minimum Gasteiger partial charge on any atom is -0.439 e. The fourth-order valence-electron chi connectivity index (χ4n) is 4.10. The Kier molecular flexibility index (Phi) is 7.17. The lowest BCUT2D eigenvalue weighted by Crippen LogP contribution is -2.46. The van der Waals surface area contributed by atoms with Gasteiger partial charge >= 0.3 is 0 Å². The zero-order valence-electron chi connectivity index (χ0n) is 18.8. The molecule has 1 unspecified atom stereocenters. The van der Waals surface area contributed by atoms with Crippen molar-refractivity contribution in [2.24, 2.45) is 0 Å². The van der Waals surface area contributed by atoms with Gasteiger partial charge in [-0.25, -0.2) is 4.98 Å². The molecule has 7 nitrogen and oxygen atoms in total. The molecule has 1 aliphatic rings. The van der Waals surface area contributed by atoms with E-state index in [1.807, 2.05) is 48.0 Å². The number of nitrogens with one attached hydrogen (secondary N) is 1. The van der Waals surface area contributed by atoms with Crippen molar-refractivity contribution in [3.05, 3.63) is 66.1 Å². The molecule has 1 amide bonds. The third-order valence-electron chi connectivity index (χ3n) is 5.76. The van der Waals surface area contributed by atoms with Gasteiger partial charge < -0.3 is 10.1 Å². The molecule has 168 valence electrons. The second-order valence-electron chi connectivity index (χ2n) is 8.27. The van der Waals surface area contributed by atoms with Crippen LogP contribution >= 0.6 is 0 Å². The maximum absolute atomic E-state index is 13.1. The van der Waals surface area contributed by atoms with Crippen LogP contribution in [-0.2, 0) is 17.9 Å². The molecule has 0 saturated carbocycles. The quantitative estimate of drug-likeness (QED) is 0.553. The number of rotatable bonds is 8. The highest BCUT2D eigenvalue weighted by Gasteiger charge is 2.29. The monoisotopic (exact) mass is 433 g/mol. The molecule has 32 heavy (non-hydrogen) atoms. The molecule has 0 aliphatic carbocycles. The summed E-state index contributed by atoms with van der Waals surface area (Å²) in [4.78, 5) is 19.7. The summed E-state index contributed by atoms with van der Waals surface area (Å²) < 4.78 is 7.74. The van der Waals surface area contributed by atoms with E-state index in [2.05, 4.69) is 33.4 Å². The molecule has 2 aromatic heterocycles. The van der Waals surface area contributed by atoms with Crippen molar-refractivity contribution < 1.29 is 9.53 Å². The largest absolute Gasteiger partial charge is 0.439 e. The number of carbonyl (C=O) groups excluding carboxylic acids is 1. The molecular formula is C25H31N5O2. The van der Waals surface area contributed by atoms with E-state index in [4.69, 9.17) is 4.74 Å². The highest BCUT2D eigenvalue weighted by atomic mass is 16.5. The molecule has 0 spiro atoms. The Morgan fingerprint density at radius 3 is 2.78 bits per heavy atom. The van der Waals surface area contributed by atoms with Crippen LogP contribution in [0.25, 0.3) is 0 Å². The van der Waals surface area contributed by atoms with Crippen LogP contribution in [-0.4, -0.2) is 38.2 Å². The van der Waals surface area contributed by atoms with Gasteiger partial charge in [0.15, 0.2) is 0 Å². The minimum absolute atomic E-state index is 0.0156. The topological polar surface area (TPSA) is 72.3 Å². The Bertz CT molecular complexity index is 1020. The highest BCUT2D eigenvalue weighted by Crippen LogP contribution is 2.23. The Morgan fingerprint density at radius 2 is 2.03 bits per heavy atom. The number of amides is 1. The average molecular weight is 434 g/mol. The molecule has 1 aliphatic heterocycles. The Morgan fingerprint density at radius 1 is 1.19 bits per heavy atom. The van der Waals surface area contributed by atoms with Crippen molar-refractivity contribution in [2.45, 2.75) is 58.7 Å². The summed E-state index contributed by atoms with van der Waals surface area (Å²) in [6.45, 7) is 6.78. The van der Waals surface area contributed by atoms with Gasteiger partial charge in [0, 0.05) is 30.9 Å². The van der Waals surface area contributed by atoms with Gasteiger partial charge in [-0.15, -0.1) is 0 Å². The number of anilines is 1. The standard InChI is InChI=1S/C25H31N5O2/c1-3-14-30-18-20(19(2)28-30)17-29-15-8-7-11-23(29)25(31)27-21-12-13-24(26-16-21)32-22-9-5-4-6-10-22/h4-6,9-10,12-13,16,18,23H,3,7-8,11,14-15,17H2,1-2H3,(H,27,31). The minimum atomic E-state index is -0.155. The maximum Gasteiger partial charge on any atom is 0.241 e. The van der Waals surface area contributed by atoms with Gasteiger partial charge in [-0.1, -0.05) is 31.5 Å². The first-order chi connectivity index (χ1) is 15.6. The summed E-state index contributed by atoms with van der Waals surface area (Å²) in [5.74, 6) is 1.24. The number of para-hydroxylation sites is 1. The molecule has 3 heterocycles. The SMILES string of the molecule is CCCn1cc(CN2CCCCC2C(=O)Nc2ccc(Oc3ccccc3)nc2)c(C)n1. The van der Waals surface area contributed by atoms with Gasteiger partial charge in [-0.3, -0.25) is 14.4 Å². The number of pyridine rings is 1. The predicted molar refractivity (Wildman–Crippen MR) is 125 cm³/mol. The zero-order chi connectivity index (χ0) is 22.3. The number of likely N-dealkylation sites (tertiary alicyclic amines) is 1. The van der Waals surface area contributed by atoms with E-state index in [1.54, 1.807) is 12.3 Å². The summed E-state index contributed by atoms with van der Waals surface area (Å²) in [6, 6.07) is 13.0. The lowest BCUT2D eigenvalue weighted by molar-refractivity contribution is -0.122. The first kappa shape index (κ1) is 22.0. The van der Waals surface area contributed by atoms with E-state index < -0.39 is 0 Å². The number of ether oxygens (including phenoxy) is 1. The number of nitrogens with zero attached hydrogens (tertiary/aromatic N) is 4. The van der Waals surface area contributed by atoms with Crippen LogP contribution in [0.2, 0.25) is 0 Å². The van der Waals surface area contributed by atoms with E-state index >= 15 is 0 Å². The summed E-state index contributed by atoms with van der Waals surface area (Å²) >= 11 is 0. The first-order valence-electron chi connectivity index (χ1n) is 11.4. The third kappa shape index (κ3) is 5.53. The van der Waals surface area contributed by atoms with E-state index in [1.165, 1.54) is 5.56 Å². The fourth-order valence-corrected chi connectivity index (χ4v) is 4.10. The molecule has 1 saturated heterocycles. The second-order valence-corrected chi connectivity index (χ2v) is 8.27. The molecule has 7 heteroatoms. The predicted octanol–water partition coefficient (Wildman–Crippen LogP) is 4.78. The highest BCUT2D eigenvalue weighted by molar-refractivity contribution is 5.94. The van der Waals surface area contributed by atoms with Crippen molar-refractivity contribution in [1.29, 1.82) is 0 Å². The van der Waals surface area contributed by atoms with Crippen LogP contribution < -0.4 is 10.1 Å². The molecule has 1 N–H and O–H groups in total. The fraction of sp³-hybridized carbons (Fsp3) is 0.400. The number of piperidine rings is 1. The number of hydrogen-bond donors (Lipinski definition) is 1. The molecule has 3 aromatic rings. The summed E-state index contributed by atoms with van der Waals surface area (Å²) in [7, 11) is 0. The summed E-state index contributed by atoms with van der Waals surface area (Å²) in [5.41, 5.74) is 2.91.